The maximum Gasteiger partial charge on any atom is 0.438 e. The lowest BCUT2D eigenvalue weighted by Crippen LogP contribution is -2.56. The Balaban J connectivity index is 2.17. The van der Waals surface area contributed by atoms with Crippen molar-refractivity contribution in [1.82, 2.24) is 5.01 Å². The number of carbonyl (C=O) groups excluding carboxylic acids is 1. The van der Waals surface area contributed by atoms with Crippen LogP contribution in [-0.2, 0) is 11.2 Å². The first-order valence-electron chi connectivity index (χ1n) is 7.38. The number of hydrazone groups is 1. The molecule has 1 amide bonds. The van der Waals surface area contributed by atoms with Crippen LogP contribution in [0.15, 0.2) is 35.4 Å². The van der Waals surface area contributed by atoms with Crippen LogP contribution < -0.4 is 0 Å². The van der Waals surface area contributed by atoms with Gasteiger partial charge in [-0.1, -0.05) is 44.2 Å². The Kier molecular flexibility index (Phi) is 4.79. The van der Waals surface area contributed by atoms with Crippen molar-refractivity contribution in [2.24, 2.45) is 11.0 Å². The van der Waals surface area contributed by atoms with Gasteiger partial charge in [-0.25, -0.2) is 0 Å². The molecule has 0 saturated carbocycles. The summed E-state index contributed by atoms with van der Waals surface area (Å²) in [5.41, 5.74) is -2.25. The van der Waals surface area contributed by atoms with E-state index in [4.69, 9.17) is 0 Å². The maximum absolute atomic E-state index is 13.2. The van der Waals surface area contributed by atoms with Gasteiger partial charge in [0.15, 0.2) is 0 Å². The molecule has 0 bridgehead atoms. The van der Waals surface area contributed by atoms with Gasteiger partial charge in [0, 0.05) is 18.6 Å². The molecule has 23 heavy (non-hydrogen) atoms. The molecular formula is C16H19F3N2O2. The van der Waals surface area contributed by atoms with Crippen LogP contribution in [0.1, 0.15) is 32.3 Å². The Bertz CT molecular complexity index is 599. The third-order valence-corrected chi connectivity index (χ3v) is 3.83. The van der Waals surface area contributed by atoms with E-state index in [-0.39, 0.29) is 29.5 Å². The average molecular weight is 328 g/mol. The standard InChI is InChI=1S/C16H19F3N2O2/c1-11(2)13-10-15(23,16(17,18)19)21(20-13)14(22)9-8-12-6-4-3-5-7-12/h3-7,11,23H,8-10H2,1-2H3/t15-/m1/s1. The molecule has 126 valence electrons. The van der Waals surface area contributed by atoms with Gasteiger partial charge in [-0.05, 0) is 17.9 Å². The number of aliphatic hydroxyl groups is 1. The Morgan fingerprint density at radius 3 is 2.48 bits per heavy atom. The van der Waals surface area contributed by atoms with E-state index in [1.807, 2.05) is 6.07 Å². The van der Waals surface area contributed by atoms with Crippen LogP contribution >= 0.6 is 0 Å². The monoisotopic (exact) mass is 328 g/mol. The summed E-state index contributed by atoms with van der Waals surface area (Å²) in [5, 5.41) is 14.0. The Morgan fingerprint density at radius 2 is 1.96 bits per heavy atom. The number of aryl methyl sites for hydroxylation is 1. The van der Waals surface area contributed by atoms with Crippen LogP contribution in [0.5, 0.6) is 0 Å². The molecule has 0 saturated heterocycles. The molecule has 0 spiro atoms. The van der Waals surface area contributed by atoms with Gasteiger partial charge in [0.05, 0.1) is 0 Å². The highest BCUT2D eigenvalue weighted by Gasteiger charge is 2.63. The molecule has 1 aliphatic rings. The number of rotatable bonds is 4. The smallest absolute Gasteiger partial charge is 0.362 e. The zero-order chi connectivity index (χ0) is 17.3. The molecule has 7 heteroatoms. The van der Waals surface area contributed by atoms with Gasteiger partial charge in [0.2, 0.25) is 5.91 Å². The lowest BCUT2D eigenvalue weighted by Gasteiger charge is -2.32. The molecule has 1 aliphatic heterocycles. The highest BCUT2D eigenvalue weighted by molar-refractivity contribution is 5.92. The van der Waals surface area contributed by atoms with Crippen molar-refractivity contribution in [3.8, 4) is 0 Å². The van der Waals surface area contributed by atoms with E-state index in [9.17, 15) is 23.1 Å². The van der Waals surface area contributed by atoms with Crippen LogP contribution in [0.25, 0.3) is 0 Å². The first-order valence-corrected chi connectivity index (χ1v) is 7.38. The fourth-order valence-electron chi connectivity index (χ4n) is 2.38. The number of carbonyl (C=O) groups is 1. The van der Waals surface area contributed by atoms with Crippen molar-refractivity contribution in [2.75, 3.05) is 0 Å². The molecule has 4 nitrogen and oxygen atoms in total. The molecule has 1 heterocycles. The molecule has 1 atom stereocenters. The fraction of sp³-hybridized carbons (Fsp3) is 0.500. The maximum atomic E-state index is 13.2. The third kappa shape index (κ3) is 3.55. The van der Waals surface area contributed by atoms with Gasteiger partial charge >= 0.3 is 6.18 Å². The zero-order valence-corrected chi connectivity index (χ0v) is 13.0. The van der Waals surface area contributed by atoms with E-state index in [2.05, 4.69) is 5.10 Å². The van der Waals surface area contributed by atoms with Crippen molar-refractivity contribution in [3.05, 3.63) is 35.9 Å². The second kappa shape index (κ2) is 6.31. The molecular weight excluding hydrogens is 309 g/mol. The number of nitrogens with zero attached hydrogens (tertiary/aromatic N) is 2. The summed E-state index contributed by atoms with van der Waals surface area (Å²) in [4.78, 5) is 12.2. The predicted molar refractivity (Wildman–Crippen MR) is 79.5 cm³/mol. The third-order valence-electron chi connectivity index (χ3n) is 3.83. The highest BCUT2D eigenvalue weighted by Crippen LogP contribution is 2.41. The van der Waals surface area contributed by atoms with Crippen molar-refractivity contribution in [1.29, 1.82) is 0 Å². The number of alkyl halides is 3. The van der Waals surface area contributed by atoms with Gasteiger partial charge in [0.25, 0.3) is 5.72 Å². The van der Waals surface area contributed by atoms with Gasteiger partial charge in [-0.15, -0.1) is 0 Å². The summed E-state index contributed by atoms with van der Waals surface area (Å²) in [6.45, 7) is 3.35. The van der Waals surface area contributed by atoms with Crippen LogP contribution in [0, 0.1) is 5.92 Å². The largest absolute Gasteiger partial charge is 0.438 e. The Hall–Kier alpha value is -1.89. The minimum absolute atomic E-state index is 0.155. The summed E-state index contributed by atoms with van der Waals surface area (Å²) in [7, 11) is 0. The second-order valence-corrected chi connectivity index (χ2v) is 5.93. The molecule has 0 fully saturated rings. The lowest BCUT2D eigenvalue weighted by atomic mass is 9.99. The summed E-state index contributed by atoms with van der Waals surface area (Å²) < 4.78 is 39.7. The van der Waals surface area contributed by atoms with E-state index in [0.29, 0.717) is 0 Å². The number of benzene rings is 1. The molecule has 0 aromatic heterocycles. The lowest BCUT2D eigenvalue weighted by molar-refractivity contribution is -0.302. The van der Waals surface area contributed by atoms with Crippen molar-refractivity contribution < 1.29 is 23.1 Å². The quantitative estimate of drug-likeness (QED) is 0.923. The number of hydrogen-bond donors (Lipinski definition) is 1. The van der Waals surface area contributed by atoms with Crippen LogP contribution in [0.3, 0.4) is 0 Å². The Morgan fingerprint density at radius 1 is 1.35 bits per heavy atom. The fourth-order valence-corrected chi connectivity index (χ4v) is 2.38. The topological polar surface area (TPSA) is 52.9 Å². The van der Waals surface area contributed by atoms with Crippen LogP contribution in [0.2, 0.25) is 0 Å². The van der Waals surface area contributed by atoms with E-state index in [1.54, 1.807) is 38.1 Å². The minimum atomic E-state index is -4.96. The molecule has 1 aromatic rings. The normalized spacial score (nSPS) is 21.7. The van der Waals surface area contributed by atoms with Gasteiger partial charge in [-0.2, -0.15) is 23.3 Å². The average Bonchev–Trinajstić information content (AvgIpc) is 2.85. The van der Waals surface area contributed by atoms with E-state index >= 15 is 0 Å². The molecule has 1 aromatic carbocycles. The number of halogens is 3. The first kappa shape index (κ1) is 17.5. The zero-order valence-electron chi connectivity index (χ0n) is 13.0. The van der Waals surface area contributed by atoms with E-state index in [0.717, 1.165) is 5.56 Å². The number of hydrogen-bond acceptors (Lipinski definition) is 3. The van der Waals surface area contributed by atoms with Crippen LogP contribution in [0.4, 0.5) is 13.2 Å². The summed E-state index contributed by atoms with van der Waals surface area (Å²) >= 11 is 0. The second-order valence-electron chi connectivity index (χ2n) is 5.93. The summed E-state index contributed by atoms with van der Waals surface area (Å²) in [5.74, 6) is -1.12. The van der Waals surface area contributed by atoms with Gasteiger partial charge < -0.3 is 5.11 Å². The molecule has 0 radical (unpaired) electrons. The molecule has 0 aliphatic carbocycles. The summed E-state index contributed by atoms with van der Waals surface area (Å²) in [6.07, 6.45) is -5.53. The highest BCUT2D eigenvalue weighted by atomic mass is 19.4. The molecule has 2 rings (SSSR count). The van der Waals surface area contributed by atoms with E-state index < -0.39 is 24.2 Å². The van der Waals surface area contributed by atoms with Gasteiger partial charge in [0.1, 0.15) is 0 Å². The Labute approximate surface area is 132 Å². The first-order chi connectivity index (χ1) is 10.6. The van der Waals surface area contributed by atoms with E-state index in [1.165, 1.54) is 0 Å². The SMILES string of the molecule is CC(C)C1=NN(C(=O)CCc2ccccc2)[C@](O)(C(F)(F)F)C1. The molecule has 0 unspecified atom stereocenters. The number of amides is 1. The van der Waals surface area contributed by atoms with Crippen molar-refractivity contribution in [3.63, 3.8) is 0 Å². The van der Waals surface area contributed by atoms with Crippen LogP contribution in [-0.4, -0.2) is 33.6 Å². The predicted octanol–water partition coefficient (Wildman–Crippen LogP) is 3.11. The molecule has 1 N–H and O–H groups in total. The summed E-state index contributed by atoms with van der Waals surface area (Å²) in [6, 6.07) is 8.97. The van der Waals surface area contributed by atoms with Crippen molar-refractivity contribution >= 4 is 11.6 Å². The minimum Gasteiger partial charge on any atom is -0.362 e. The van der Waals surface area contributed by atoms with Crippen molar-refractivity contribution in [2.45, 2.75) is 45.0 Å². The van der Waals surface area contributed by atoms with Gasteiger partial charge in [-0.3, -0.25) is 4.79 Å².